The first-order valence-corrected chi connectivity index (χ1v) is 13.4. The molecule has 3 nitrogen and oxygen atoms in total. The molecule has 0 unspecified atom stereocenters. The van der Waals surface area contributed by atoms with Crippen molar-refractivity contribution in [2.75, 3.05) is 18.4 Å². The largest absolute Gasteiger partial charge is 0.326 e. The summed E-state index contributed by atoms with van der Waals surface area (Å²) < 4.78 is 0. The zero-order valence-corrected chi connectivity index (χ0v) is 21.2. The summed E-state index contributed by atoms with van der Waals surface area (Å²) in [6.45, 7) is 3.52. The van der Waals surface area contributed by atoms with E-state index in [9.17, 15) is 4.79 Å². The maximum Gasteiger partial charge on any atom is 0.224 e. The van der Waals surface area contributed by atoms with Gasteiger partial charge in [0.25, 0.3) is 0 Å². The van der Waals surface area contributed by atoms with Gasteiger partial charge in [-0.2, -0.15) is 0 Å². The second-order valence-electron chi connectivity index (χ2n) is 10.4. The van der Waals surface area contributed by atoms with Crippen molar-refractivity contribution in [3.63, 3.8) is 0 Å². The zero-order chi connectivity index (χ0) is 24.1. The maximum absolute atomic E-state index is 12.5. The summed E-state index contributed by atoms with van der Waals surface area (Å²) in [5, 5.41) is 3.75. The number of halogens is 1. The van der Waals surface area contributed by atoms with Crippen LogP contribution in [-0.2, 0) is 17.8 Å². The number of nitrogens with zero attached hydrogens (tertiary/aromatic N) is 1. The van der Waals surface area contributed by atoms with E-state index in [0.29, 0.717) is 11.8 Å². The number of piperidine rings is 1. The van der Waals surface area contributed by atoms with Crippen molar-refractivity contribution in [3.05, 3.63) is 88.9 Å². The van der Waals surface area contributed by atoms with Gasteiger partial charge in [0.1, 0.15) is 0 Å². The van der Waals surface area contributed by atoms with Gasteiger partial charge in [-0.1, -0.05) is 73.0 Å². The number of aryl methyl sites for hydroxylation is 1. The molecule has 1 aliphatic heterocycles. The number of amides is 1. The first-order valence-electron chi connectivity index (χ1n) is 13.0. The first-order chi connectivity index (χ1) is 17.1. The van der Waals surface area contributed by atoms with Gasteiger partial charge in [-0.05, 0) is 97.1 Å². The number of hydrogen-bond donors (Lipinski definition) is 1. The van der Waals surface area contributed by atoms with Crippen LogP contribution in [0.5, 0.6) is 0 Å². The summed E-state index contributed by atoms with van der Waals surface area (Å²) in [7, 11) is 0. The molecule has 3 aromatic carbocycles. The van der Waals surface area contributed by atoms with Gasteiger partial charge in [0.05, 0.1) is 0 Å². The molecule has 1 saturated heterocycles. The third-order valence-electron chi connectivity index (χ3n) is 8.00. The topological polar surface area (TPSA) is 32.3 Å². The van der Waals surface area contributed by atoms with E-state index < -0.39 is 0 Å². The Morgan fingerprint density at radius 1 is 0.771 bits per heavy atom. The highest BCUT2D eigenvalue weighted by Gasteiger charge is 2.36. The van der Waals surface area contributed by atoms with Crippen LogP contribution < -0.4 is 5.32 Å². The molecule has 5 rings (SSSR count). The summed E-state index contributed by atoms with van der Waals surface area (Å²) >= 11 is 5.97. The normalized spacial score (nSPS) is 17.5. The molecule has 1 heterocycles. The predicted molar refractivity (Wildman–Crippen MR) is 146 cm³/mol. The van der Waals surface area contributed by atoms with E-state index >= 15 is 0 Å². The molecule has 1 N–H and O–H groups in total. The molecule has 0 atom stereocenters. The molecule has 0 aromatic heterocycles. The quantitative estimate of drug-likeness (QED) is 0.370. The second kappa shape index (κ2) is 11.0. The number of benzene rings is 3. The first kappa shape index (κ1) is 24.1. The summed E-state index contributed by atoms with van der Waals surface area (Å²) in [6.07, 6.45) is 9.78. The van der Waals surface area contributed by atoms with E-state index in [-0.39, 0.29) is 5.91 Å². The monoisotopic (exact) mass is 486 g/mol. The Bertz CT molecular complexity index is 1110. The van der Waals surface area contributed by atoms with Gasteiger partial charge in [0.2, 0.25) is 5.91 Å². The fourth-order valence-electron chi connectivity index (χ4n) is 5.75. The van der Waals surface area contributed by atoms with E-state index in [1.807, 2.05) is 48.5 Å². The van der Waals surface area contributed by atoms with Crippen LogP contribution in [0.25, 0.3) is 11.1 Å². The Morgan fingerprint density at radius 2 is 1.34 bits per heavy atom. The fraction of sp³-hybridized carbons (Fsp3) is 0.387. The summed E-state index contributed by atoms with van der Waals surface area (Å²) in [5.41, 5.74) is 6.30. The van der Waals surface area contributed by atoms with Crippen LogP contribution in [0.2, 0.25) is 5.02 Å². The van der Waals surface area contributed by atoms with Crippen LogP contribution in [0.3, 0.4) is 0 Å². The molecule has 1 aliphatic carbocycles. The smallest absolute Gasteiger partial charge is 0.224 e. The minimum Gasteiger partial charge on any atom is -0.326 e. The minimum atomic E-state index is 0.0440. The standard InChI is InChI=1S/C31H35ClN2O/c32-28-12-8-26(9-13-28)27-10-14-29(15-11-27)33-30(35)16-7-24-3-5-25(6-4-24)23-34-21-19-31(20-22-34)17-1-2-18-31/h3-6,8-15H,1-2,7,16-23H2,(H,33,35). The van der Waals surface area contributed by atoms with Crippen LogP contribution >= 0.6 is 11.6 Å². The van der Waals surface area contributed by atoms with Crippen molar-refractivity contribution in [2.24, 2.45) is 5.41 Å². The lowest BCUT2D eigenvalue weighted by Gasteiger charge is -2.39. The maximum atomic E-state index is 12.5. The number of carbonyl (C=O) groups is 1. The van der Waals surface area contributed by atoms with Crippen molar-refractivity contribution in [1.82, 2.24) is 4.90 Å². The van der Waals surface area contributed by atoms with Gasteiger partial charge in [-0.3, -0.25) is 9.69 Å². The molecule has 3 aromatic rings. The Labute approximate surface area is 214 Å². The summed E-state index contributed by atoms with van der Waals surface area (Å²) in [6, 6.07) is 24.6. The number of rotatable bonds is 7. The molecule has 1 saturated carbocycles. The van der Waals surface area contributed by atoms with Crippen LogP contribution in [-0.4, -0.2) is 23.9 Å². The van der Waals surface area contributed by atoms with Gasteiger partial charge in [0, 0.05) is 23.7 Å². The molecule has 2 aliphatic rings. The molecule has 35 heavy (non-hydrogen) atoms. The fourth-order valence-corrected chi connectivity index (χ4v) is 5.88. The molecule has 0 radical (unpaired) electrons. The second-order valence-corrected chi connectivity index (χ2v) is 10.9. The Kier molecular flexibility index (Phi) is 7.55. The van der Waals surface area contributed by atoms with Gasteiger partial charge >= 0.3 is 0 Å². The Balaban J connectivity index is 1.06. The van der Waals surface area contributed by atoms with Crippen molar-refractivity contribution in [3.8, 4) is 11.1 Å². The van der Waals surface area contributed by atoms with Crippen LogP contribution in [0, 0.1) is 5.41 Å². The van der Waals surface area contributed by atoms with Gasteiger partial charge < -0.3 is 5.32 Å². The predicted octanol–water partition coefficient (Wildman–Crippen LogP) is 7.73. The lowest BCUT2D eigenvalue weighted by atomic mass is 9.77. The third-order valence-corrected chi connectivity index (χ3v) is 8.25. The Morgan fingerprint density at radius 3 is 1.97 bits per heavy atom. The summed E-state index contributed by atoms with van der Waals surface area (Å²) in [5.74, 6) is 0.0440. The van der Waals surface area contributed by atoms with Gasteiger partial charge in [0.15, 0.2) is 0 Å². The average Bonchev–Trinajstić information content (AvgIpc) is 3.34. The molecule has 1 amide bonds. The average molecular weight is 487 g/mol. The van der Waals surface area contributed by atoms with Crippen molar-refractivity contribution < 1.29 is 4.79 Å². The van der Waals surface area contributed by atoms with Crippen molar-refractivity contribution in [2.45, 2.75) is 57.9 Å². The highest BCUT2D eigenvalue weighted by atomic mass is 35.5. The lowest BCUT2D eigenvalue weighted by molar-refractivity contribution is -0.116. The molecular weight excluding hydrogens is 452 g/mol. The SMILES string of the molecule is O=C(CCc1ccc(CN2CCC3(CCCC3)CC2)cc1)Nc1ccc(-c2ccc(Cl)cc2)cc1. The molecule has 2 fully saturated rings. The molecular formula is C31H35ClN2O. The van der Waals surface area contributed by atoms with E-state index in [4.69, 9.17) is 11.6 Å². The van der Waals surface area contributed by atoms with Crippen LogP contribution in [0.15, 0.2) is 72.8 Å². The number of hydrogen-bond acceptors (Lipinski definition) is 2. The third kappa shape index (κ3) is 6.34. The molecule has 1 spiro atoms. The number of carbonyl (C=O) groups excluding carboxylic acids is 1. The van der Waals surface area contributed by atoms with Crippen LogP contribution in [0.4, 0.5) is 5.69 Å². The minimum absolute atomic E-state index is 0.0440. The molecule has 182 valence electrons. The zero-order valence-electron chi connectivity index (χ0n) is 20.4. The highest BCUT2D eigenvalue weighted by molar-refractivity contribution is 6.30. The Hall–Kier alpha value is -2.62. The van der Waals surface area contributed by atoms with E-state index in [0.717, 1.165) is 34.8 Å². The van der Waals surface area contributed by atoms with Crippen LogP contribution in [0.1, 0.15) is 56.1 Å². The van der Waals surface area contributed by atoms with E-state index in [2.05, 4.69) is 34.5 Å². The highest BCUT2D eigenvalue weighted by Crippen LogP contribution is 2.46. The summed E-state index contributed by atoms with van der Waals surface area (Å²) in [4.78, 5) is 15.1. The van der Waals surface area contributed by atoms with Gasteiger partial charge in [-0.25, -0.2) is 0 Å². The number of likely N-dealkylation sites (tertiary alicyclic amines) is 1. The number of anilines is 1. The molecule has 0 bridgehead atoms. The number of nitrogens with one attached hydrogen (secondary N) is 1. The van der Waals surface area contributed by atoms with E-state index in [1.54, 1.807) is 0 Å². The lowest BCUT2D eigenvalue weighted by Crippen LogP contribution is -2.38. The van der Waals surface area contributed by atoms with Crippen molar-refractivity contribution >= 4 is 23.2 Å². The van der Waals surface area contributed by atoms with Gasteiger partial charge in [-0.15, -0.1) is 0 Å². The van der Waals surface area contributed by atoms with E-state index in [1.165, 1.54) is 62.7 Å². The molecule has 4 heteroatoms. The van der Waals surface area contributed by atoms with Crippen molar-refractivity contribution in [1.29, 1.82) is 0 Å².